The minimum Gasteiger partial charge on any atom is -0.396 e. The SMILES string of the molecule is Cn1cc([N+](=O)[O-])c(NCC2CCCCC2CO)n1. The molecule has 1 aromatic rings. The summed E-state index contributed by atoms with van der Waals surface area (Å²) in [5.74, 6) is 0.971. The number of nitrogens with zero attached hydrogens (tertiary/aromatic N) is 3. The molecule has 7 heteroatoms. The number of aromatic nitrogens is 2. The van der Waals surface area contributed by atoms with Crippen LogP contribution in [0.15, 0.2) is 6.20 Å². The third-order valence-electron chi connectivity index (χ3n) is 3.84. The first-order valence-corrected chi connectivity index (χ1v) is 6.64. The second kappa shape index (κ2) is 6.01. The van der Waals surface area contributed by atoms with Gasteiger partial charge in [0, 0.05) is 20.2 Å². The van der Waals surface area contributed by atoms with Crippen molar-refractivity contribution in [2.45, 2.75) is 25.7 Å². The van der Waals surface area contributed by atoms with Gasteiger partial charge in [0.25, 0.3) is 0 Å². The van der Waals surface area contributed by atoms with Crippen LogP contribution in [-0.4, -0.2) is 33.0 Å². The highest BCUT2D eigenvalue weighted by Crippen LogP contribution is 2.30. The lowest BCUT2D eigenvalue weighted by Crippen LogP contribution is -2.28. The number of rotatable bonds is 5. The van der Waals surface area contributed by atoms with E-state index in [1.54, 1.807) is 7.05 Å². The summed E-state index contributed by atoms with van der Waals surface area (Å²) in [5.41, 5.74) is -0.00106. The molecule has 106 valence electrons. The molecule has 19 heavy (non-hydrogen) atoms. The van der Waals surface area contributed by atoms with E-state index in [1.165, 1.54) is 10.9 Å². The number of hydrogen-bond acceptors (Lipinski definition) is 5. The van der Waals surface area contributed by atoms with Gasteiger partial charge in [-0.05, 0) is 24.7 Å². The number of aliphatic hydroxyl groups excluding tert-OH is 1. The molecule has 0 bridgehead atoms. The van der Waals surface area contributed by atoms with E-state index >= 15 is 0 Å². The Balaban J connectivity index is 1.99. The van der Waals surface area contributed by atoms with Gasteiger partial charge in [0.05, 0.1) is 4.92 Å². The monoisotopic (exact) mass is 268 g/mol. The van der Waals surface area contributed by atoms with Crippen molar-refractivity contribution >= 4 is 11.5 Å². The normalized spacial score (nSPS) is 23.3. The predicted octanol–water partition coefficient (Wildman–Crippen LogP) is 1.54. The van der Waals surface area contributed by atoms with E-state index < -0.39 is 4.92 Å². The van der Waals surface area contributed by atoms with E-state index in [0.29, 0.717) is 24.2 Å². The van der Waals surface area contributed by atoms with Gasteiger partial charge >= 0.3 is 5.69 Å². The molecule has 1 heterocycles. The van der Waals surface area contributed by atoms with Crippen molar-refractivity contribution in [3.05, 3.63) is 16.3 Å². The highest BCUT2D eigenvalue weighted by molar-refractivity contribution is 5.54. The van der Waals surface area contributed by atoms with E-state index in [0.717, 1.165) is 25.7 Å². The highest BCUT2D eigenvalue weighted by atomic mass is 16.6. The maximum absolute atomic E-state index is 10.9. The van der Waals surface area contributed by atoms with Crippen LogP contribution in [0.5, 0.6) is 0 Å². The lowest BCUT2D eigenvalue weighted by atomic mass is 9.79. The maximum Gasteiger partial charge on any atom is 0.330 e. The van der Waals surface area contributed by atoms with E-state index in [1.807, 2.05) is 0 Å². The molecule has 0 saturated heterocycles. The standard InChI is InChI=1S/C12H20N4O3/c1-15-7-11(16(18)19)12(14-15)13-6-9-4-2-3-5-10(9)8-17/h7,9-10,17H,2-6,8H2,1H3,(H,13,14). The van der Waals surface area contributed by atoms with Crippen LogP contribution >= 0.6 is 0 Å². The Morgan fingerprint density at radius 2 is 2.21 bits per heavy atom. The Morgan fingerprint density at radius 3 is 2.84 bits per heavy atom. The molecule has 7 nitrogen and oxygen atoms in total. The predicted molar refractivity (Wildman–Crippen MR) is 70.9 cm³/mol. The fraction of sp³-hybridized carbons (Fsp3) is 0.750. The number of anilines is 1. The van der Waals surface area contributed by atoms with Crippen molar-refractivity contribution in [2.75, 3.05) is 18.5 Å². The van der Waals surface area contributed by atoms with Crippen LogP contribution in [0, 0.1) is 22.0 Å². The molecule has 0 amide bonds. The summed E-state index contributed by atoms with van der Waals surface area (Å²) in [5, 5.41) is 27.4. The van der Waals surface area contributed by atoms with Gasteiger partial charge in [-0.2, -0.15) is 0 Å². The van der Waals surface area contributed by atoms with Crippen molar-refractivity contribution in [1.29, 1.82) is 0 Å². The van der Waals surface area contributed by atoms with E-state index in [-0.39, 0.29) is 12.3 Å². The summed E-state index contributed by atoms with van der Waals surface area (Å²) in [7, 11) is 1.66. The van der Waals surface area contributed by atoms with Gasteiger partial charge in [0.15, 0.2) is 0 Å². The zero-order valence-electron chi connectivity index (χ0n) is 11.1. The largest absolute Gasteiger partial charge is 0.396 e. The van der Waals surface area contributed by atoms with Crippen LogP contribution in [0.25, 0.3) is 0 Å². The molecule has 1 saturated carbocycles. The number of nitrogens with one attached hydrogen (secondary N) is 1. The third-order valence-corrected chi connectivity index (χ3v) is 3.84. The van der Waals surface area contributed by atoms with Crippen LogP contribution in [0.4, 0.5) is 11.5 Å². The number of aryl methyl sites for hydroxylation is 1. The van der Waals surface area contributed by atoms with Crippen LogP contribution in [0.3, 0.4) is 0 Å². The van der Waals surface area contributed by atoms with Gasteiger partial charge in [-0.3, -0.25) is 14.8 Å². The van der Waals surface area contributed by atoms with Gasteiger partial charge in [-0.1, -0.05) is 12.8 Å². The molecule has 1 aliphatic rings. The molecule has 2 N–H and O–H groups in total. The van der Waals surface area contributed by atoms with Gasteiger partial charge in [0.1, 0.15) is 6.20 Å². The first kappa shape index (κ1) is 13.8. The fourth-order valence-electron chi connectivity index (χ4n) is 2.76. The molecule has 0 aliphatic heterocycles. The van der Waals surface area contributed by atoms with Crippen molar-refractivity contribution < 1.29 is 10.0 Å². The van der Waals surface area contributed by atoms with Crippen molar-refractivity contribution in [1.82, 2.24) is 9.78 Å². The van der Waals surface area contributed by atoms with Gasteiger partial charge in [0.2, 0.25) is 5.82 Å². The Hall–Kier alpha value is -1.63. The molecule has 2 atom stereocenters. The van der Waals surface area contributed by atoms with Crippen molar-refractivity contribution in [3.63, 3.8) is 0 Å². The van der Waals surface area contributed by atoms with Crippen LogP contribution in [-0.2, 0) is 7.05 Å². The highest BCUT2D eigenvalue weighted by Gasteiger charge is 2.26. The van der Waals surface area contributed by atoms with Crippen molar-refractivity contribution in [3.8, 4) is 0 Å². The summed E-state index contributed by atoms with van der Waals surface area (Å²) in [6, 6.07) is 0. The molecule has 2 rings (SSSR count). The number of aliphatic hydroxyl groups is 1. The second-order valence-electron chi connectivity index (χ2n) is 5.16. The van der Waals surface area contributed by atoms with Crippen molar-refractivity contribution in [2.24, 2.45) is 18.9 Å². The summed E-state index contributed by atoms with van der Waals surface area (Å²) in [4.78, 5) is 10.4. The van der Waals surface area contributed by atoms with Crippen LogP contribution in [0.2, 0.25) is 0 Å². The molecular weight excluding hydrogens is 248 g/mol. The van der Waals surface area contributed by atoms with Gasteiger partial charge < -0.3 is 10.4 Å². The molecule has 0 spiro atoms. The minimum atomic E-state index is -0.431. The average Bonchev–Trinajstić information content (AvgIpc) is 2.78. The summed E-state index contributed by atoms with van der Waals surface area (Å²) in [6.45, 7) is 0.819. The molecule has 1 fully saturated rings. The Morgan fingerprint density at radius 1 is 1.53 bits per heavy atom. The van der Waals surface area contributed by atoms with Crippen LogP contribution in [0.1, 0.15) is 25.7 Å². The zero-order chi connectivity index (χ0) is 13.8. The Kier molecular flexibility index (Phi) is 4.36. The Labute approximate surface area is 111 Å². The van der Waals surface area contributed by atoms with E-state index in [4.69, 9.17) is 0 Å². The number of hydrogen-bond donors (Lipinski definition) is 2. The summed E-state index contributed by atoms with van der Waals surface area (Å²) in [6.07, 6.45) is 5.80. The first-order valence-electron chi connectivity index (χ1n) is 6.64. The van der Waals surface area contributed by atoms with E-state index in [9.17, 15) is 15.2 Å². The lowest BCUT2D eigenvalue weighted by molar-refractivity contribution is -0.384. The molecular formula is C12H20N4O3. The smallest absolute Gasteiger partial charge is 0.330 e. The van der Waals surface area contributed by atoms with Crippen LogP contribution < -0.4 is 5.32 Å². The lowest BCUT2D eigenvalue weighted by Gasteiger charge is -2.30. The zero-order valence-corrected chi connectivity index (χ0v) is 11.1. The van der Waals surface area contributed by atoms with Gasteiger partial charge in [-0.15, -0.1) is 5.10 Å². The molecule has 2 unspecified atom stereocenters. The third kappa shape index (κ3) is 3.23. The van der Waals surface area contributed by atoms with Gasteiger partial charge in [-0.25, -0.2) is 0 Å². The number of nitro groups is 1. The first-order chi connectivity index (χ1) is 9.11. The minimum absolute atomic E-state index is 0.00106. The molecule has 1 aliphatic carbocycles. The second-order valence-corrected chi connectivity index (χ2v) is 5.16. The Bertz CT molecular complexity index is 446. The molecule has 0 aromatic carbocycles. The molecule has 0 radical (unpaired) electrons. The topological polar surface area (TPSA) is 93.2 Å². The quantitative estimate of drug-likeness (QED) is 0.624. The maximum atomic E-state index is 10.9. The summed E-state index contributed by atoms with van der Waals surface area (Å²) < 4.78 is 1.44. The molecule has 1 aromatic heterocycles. The fourth-order valence-corrected chi connectivity index (χ4v) is 2.76. The average molecular weight is 268 g/mol. The van der Waals surface area contributed by atoms with E-state index in [2.05, 4.69) is 10.4 Å². The summed E-state index contributed by atoms with van der Waals surface area (Å²) >= 11 is 0.